The number of hydrogen-bond acceptors (Lipinski definition) is 3. The van der Waals surface area contributed by atoms with Crippen LogP contribution in [0.15, 0.2) is 24.3 Å². The van der Waals surface area contributed by atoms with Crippen LogP contribution >= 0.6 is 0 Å². The van der Waals surface area contributed by atoms with Crippen molar-refractivity contribution < 1.29 is 14.6 Å². The number of carboxylic acid groups (broad SMARTS) is 1. The summed E-state index contributed by atoms with van der Waals surface area (Å²) in [5, 5.41) is 12.0. The third-order valence-electron chi connectivity index (χ3n) is 3.36. The van der Waals surface area contributed by atoms with E-state index in [2.05, 4.69) is 38.2 Å². The molecule has 1 rings (SSSR count). The van der Waals surface area contributed by atoms with Gasteiger partial charge in [-0.2, -0.15) is 0 Å². The number of hydrogen-bond donors (Lipinski definition) is 2. The summed E-state index contributed by atoms with van der Waals surface area (Å²) in [6.45, 7) is 9.48. The zero-order chi connectivity index (χ0) is 15.9. The van der Waals surface area contributed by atoms with Crippen LogP contribution in [0.1, 0.15) is 46.1 Å². The fourth-order valence-electron chi connectivity index (χ4n) is 2.05. The highest BCUT2D eigenvalue weighted by molar-refractivity contribution is 5.73. The summed E-state index contributed by atoms with van der Waals surface area (Å²) in [5.74, 6) is 0.0125. The maximum atomic E-state index is 11.0. The molecule has 118 valence electrons. The topological polar surface area (TPSA) is 58.6 Å². The molecule has 2 N–H and O–H groups in total. The van der Waals surface area contributed by atoms with Crippen molar-refractivity contribution in [1.29, 1.82) is 0 Å². The van der Waals surface area contributed by atoms with Crippen LogP contribution in [0.5, 0.6) is 5.75 Å². The molecule has 0 saturated carbocycles. The highest BCUT2D eigenvalue weighted by Crippen LogP contribution is 2.24. The predicted molar refractivity (Wildman–Crippen MR) is 85.0 cm³/mol. The molecule has 0 aliphatic rings. The number of benzene rings is 1. The molecule has 0 fully saturated rings. The summed E-state index contributed by atoms with van der Waals surface area (Å²) >= 11 is 0. The first-order valence-corrected chi connectivity index (χ1v) is 7.54. The van der Waals surface area contributed by atoms with Gasteiger partial charge in [-0.1, -0.05) is 46.2 Å². The molecule has 0 bridgehead atoms. The number of rotatable bonds is 8. The van der Waals surface area contributed by atoms with Crippen LogP contribution < -0.4 is 10.1 Å². The summed E-state index contributed by atoms with van der Waals surface area (Å²) < 4.78 is 5.63. The number of nitrogens with one attached hydrogen (secondary N) is 1. The van der Waals surface area contributed by atoms with Crippen LogP contribution in [0.25, 0.3) is 0 Å². The van der Waals surface area contributed by atoms with Gasteiger partial charge < -0.3 is 15.2 Å². The summed E-state index contributed by atoms with van der Waals surface area (Å²) in [4.78, 5) is 11.0. The molecule has 0 aliphatic heterocycles. The second kappa shape index (κ2) is 8.03. The van der Waals surface area contributed by atoms with E-state index in [0.717, 1.165) is 12.2 Å². The van der Waals surface area contributed by atoms with E-state index < -0.39 is 12.0 Å². The number of carbonyl (C=O) groups is 1. The molecule has 0 heterocycles. The quantitative estimate of drug-likeness (QED) is 0.723. The van der Waals surface area contributed by atoms with Gasteiger partial charge in [-0.05, 0) is 29.5 Å². The van der Waals surface area contributed by atoms with E-state index in [1.165, 1.54) is 5.56 Å². The first kappa shape index (κ1) is 17.5. The molecule has 0 amide bonds. The van der Waals surface area contributed by atoms with Crippen LogP contribution in [0.2, 0.25) is 0 Å². The van der Waals surface area contributed by atoms with Crippen molar-refractivity contribution in [3.8, 4) is 5.75 Å². The molecular weight excluding hydrogens is 266 g/mol. The van der Waals surface area contributed by atoms with Gasteiger partial charge >= 0.3 is 5.97 Å². The summed E-state index contributed by atoms with van der Waals surface area (Å²) in [5.41, 5.74) is 1.40. The molecule has 0 aromatic heterocycles. The lowest BCUT2D eigenvalue weighted by Gasteiger charge is -2.19. The molecule has 0 radical (unpaired) electrons. The molecule has 4 nitrogen and oxygen atoms in total. The van der Waals surface area contributed by atoms with E-state index >= 15 is 0 Å². The summed E-state index contributed by atoms with van der Waals surface area (Å²) in [6, 6.07) is 7.57. The van der Waals surface area contributed by atoms with Crippen molar-refractivity contribution in [1.82, 2.24) is 5.32 Å². The zero-order valence-electron chi connectivity index (χ0n) is 13.5. The molecular formula is C17H27NO3. The molecule has 0 aliphatic carbocycles. The lowest BCUT2D eigenvalue weighted by Crippen LogP contribution is -2.38. The Hall–Kier alpha value is -1.55. The summed E-state index contributed by atoms with van der Waals surface area (Å²) in [7, 11) is 0. The normalized spacial score (nSPS) is 13.0. The second-order valence-corrected chi connectivity index (χ2v) is 6.26. The van der Waals surface area contributed by atoms with Crippen molar-refractivity contribution in [2.24, 2.45) is 0 Å². The van der Waals surface area contributed by atoms with Gasteiger partial charge in [0.25, 0.3) is 0 Å². The van der Waals surface area contributed by atoms with Gasteiger partial charge in [-0.25, -0.2) is 0 Å². The number of ether oxygens (including phenoxy) is 1. The van der Waals surface area contributed by atoms with Crippen LogP contribution in [0.4, 0.5) is 0 Å². The maximum absolute atomic E-state index is 11.0. The fourth-order valence-corrected chi connectivity index (χ4v) is 2.05. The van der Waals surface area contributed by atoms with E-state index in [1.54, 1.807) is 0 Å². The second-order valence-electron chi connectivity index (χ2n) is 6.26. The molecule has 1 aromatic rings. The van der Waals surface area contributed by atoms with E-state index in [9.17, 15) is 4.79 Å². The Morgan fingerprint density at radius 3 is 2.38 bits per heavy atom. The van der Waals surface area contributed by atoms with Gasteiger partial charge in [0.15, 0.2) is 0 Å². The maximum Gasteiger partial charge on any atom is 0.320 e. The minimum absolute atomic E-state index is 0.134. The molecule has 4 heteroatoms. The van der Waals surface area contributed by atoms with Crippen LogP contribution in [0, 0.1) is 0 Å². The Balaban J connectivity index is 2.37. The van der Waals surface area contributed by atoms with Crippen LogP contribution in [0.3, 0.4) is 0 Å². The standard InChI is InChI=1S/C17H27NO3/c1-5-6-15(16(19)20)18-11-12-21-14-9-7-13(8-10-14)17(2,3)4/h7-10,15,18H,5-6,11-12H2,1-4H3,(H,19,20). The lowest BCUT2D eigenvalue weighted by molar-refractivity contribution is -0.139. The van der Waals surface area contributed by atoms with Crippen molar-refractivity contribution in [3.05, 3.63) is 29.8 Å². The Labute approximate surface area is 127 Å². The van der Waals surface area contributed by atoms with Gasteiger partial charge in [-0.3, -0.25) is 4.79 Å². The Kier molecular flexibility index (Phi) is 6.69. The number of carboxylic acids is 1. The Morgan fingerprint density at radius 1 is 1.29 bits per heavy atom. The average molecular weight is 293 g/mol. The molecule has 0 saturated heterocycles. The van der Waals surface area contributed by atoms with Crippen molar-refractivity contribution in [3.63, 3.8) is 0 Å². The Morgan fingerprint density at radius 2 is 1.90 bits per heavy atom. The third-order valence-corrected chi connectivity index (χ3v) is 3.36. The van der Waals surface area contributed by atoms with E-state index in [-0.39, 0.29) is 5.41 Å². The minimum atomic E-state index is -0.800. The van der Waals surface area contributed by atoms with Crippen molar-refractivity contribution >= 4 is 5.97 Å². The van der Waals surface area contributed by atoms with Gasteiger partial charge in [-0.15, -0.1) is 0 Å². The highest BCUT2D eigenvalue weighted by Gasteiger charge is 2.15. The largest absolute Gasteiger partial charge is 0.492 e. The van der Waals surface area contributed by atoms with Gasteiger partial charge in [0.2, 0.25) is 0 Å². The molecule has 1 atom stereocenters. The first-order chi connectivity index (χ1) is 9.84. The van der Waals surface area contributed by atoms with Gasteiger partial charge in [0, 0.05) is 6.54 Å². The zero-order valence-corrected chi connectivity index (χ0v) is 13.5. The SMILES string of the molecule is CCCC(NCCOc1ccc(C(C)(C)C)cc1)C(=O)O. The van der Waals surface area contributed by atoms with E-state index in [1.807, 2.05) is 19.1 Å². The van der Waals surface area contributed by atoms with E-state index in [0.29, 0.717) is 19.6 Å². The minimum Gasteiger partial charge on any atom is -0.492 e. The van der Waals surface area contributed by atoms with Gasteiger partial charge in [0.1, 0.15) is 18.4 Å². The Bertz CT molecular complexity index is 434. The number of aliphatic carboxylic acids is 1. The van der Waals surface area contributed by atoms with Crippen molar-refractivity contribution in [2.75, 3.05) is 13.2 Å². The first-order valence-electron chi connectivity index (χ1n) is 7.54. The molecule has 1 unspecified atom stereocenters. The molecule has 1 aromatic carbocycles. The summed E-state index contributed by atoms with van der Waals surface area (Å²) in [6.07, 6.45) is 1.48. The lowest BCUT2D eigenvalue weighted by atomic mass is 9.87. The van der Waals surface area contributed by atoms with E-state index in [4.69, 9.17) is 9.84 Å². The average Bonchev–Trinajstić information content (AvgIpc) is 2.41. The van der Waals surface area contributed by atoms with Crippen molar-refractivity contribution in [2.45, 2.75) is 52.0 Å². The highest BCUT2D eigenvalue weighted by atomic mass is 16.5. The van der Waals surface area contributed by atoms with Gasteiger partial charge in [0.05, 0.1) is 0 Å². The molecule has 0 spiro atoms. The van der Waals surface area contributed by atoms with Crippen LogP contribution in [-0.2, 0) is 10.2 Å². The monoisotopic (exact) mass is 293 g/mol. The predicted octanol–water partition coefficient (Wildman–Crippen LogP) is 3.21. The smallest absolute Gasteiger partial charge is 0.320 e. The molecule has 21 heavy (non-hydrogen) atoms. The fraction of sp³-hybridized carbons (Fsp3) is 0.588. The third kappa shape index (κ3) is 6.17. The van der Waals surface area contributed by atoms with Crippen LogP contribution in [-0.4, -0.2) is 30.3 Å².